The maximum absolute atomic E-state index is 11.7. The first kappa shape index (κ1) is 16.4. The topological polar surface area (TPSA) is 69.6 Å². The summed E-state index contributed by atoms with van der Waals surface area (Å²) < 4.78 is 23.4. The monoisotopic (exact) mass is 339 g/mol. The van der Waals surface area contributed by atoms with E-state index in [0.29, 0.717) is 6.42 Å². The molecule has 1 aromatic heterocycles. The second-order valence-corrected chi connectivity index (χ2v) is 8.85. The maximum Gasteiger partial charge on any atom is 0.227 e. The van der Waals surface area contributed by atoms with Gasteiger partial charge in [0.25, 0.3) is 0 Å². The van der Waals surface area contributed by atoms with Crippen LogP contribution in [0, 0.1) is 6.92 Å². The number of rotatable bonds is 3. The molecule has 7 nitrogen and oxygen atoms in total. The van der Waals surface area contributed by atoms with Crippen molar-refractivity contribution in [1.82, 2.24) is 14.9 Å². The SMILES string of the molecule is Cc1cc(N(C)C2CCS(=O)(=O)C2)nc(N2CCN(C)CC2)n1. The van der Waals surface area contributed by atoms with E-state index in [-0.39, 0.29) is 17.5 Å². The van der Waals surface area contributed by atoms with Gasteiger partial charge in [-0.1, -0.05) is 0 Å². The third-order valence-electron chi connectivity index (χ3n) is 4.73. The van der Waals surface area contributed by atoms with Crippen LogP contribution in [0.25, 0.3) is 0 Å². The van der Waals surface area contributed by atoms with Crippen LogP contribution in [0.4, 0.5) is 11.8 Å². The number of hydrogen-bond acceptors (Lipinski definition) is 7. The van der Waals surface area contributed by atoms with Crippen molar-refractivity contribution in [1.29, 1.82) is 0 Å². The Morgan fingerprint density at radius 2 is 1.91 bits per heavy atom. The van der Waals surface area contributed by atoms with E-state index < -0.39 is 9.84 Å². The van der Waals surface area contributed by atoms with Gasteiger partial charge in [-0.15, -0.1) is 0 Å². The van der Waals surface area contributed by atoms with Crippen molar-refractivity contribution < 1.29 is 8.42 Å². The summed E-state index contributed by atoms with van der Waals surface area (Å²) in [6.45, 7) is 5.80. The lowest BCUT2D eigenvalue weighted by molar-refractivity contribution is 0.311. The maximum atomic E-state index is 11.7. The van der Waals surface area contributed by atoms with Gasteiger partial charge in [-0.2, -0.15) is 4.98 Å². The molecule has 0 radical (unpaired) electrons. The van der Waals surface area contributed by atoms with Crippen molar-refractivity contribution in [2.45, 2.75) is 19.4 Å². The summed E-state index contributed by atoms with van der Waals surface area (Å²) in [5.41, 5.74) is 0.914. The van der Waals surface area contributed by atoms with E-state index in [0.717, 1.165) is 43.6 Å². The molecule has 0 saturated carbocycles. The zero-order valence-corrected chi connectivity index (χ0v) is 14.9. The van der Waals surface area contributed by atoms with E-state index in [1.165, 1.54) is 0 Å². The third-order valence-corrected chi connectivity index (χ3v) is 6.48. The smallest absolute Gasteiger partial charge is 0.227 e. The molecule has 23 heavy (non-hydrogen) atoms. The van der Waals surface area contributed by atoms with Gasteiger partial charge in [0.15, 0.2) is 9.84 Å². The molecule has 0 aromatic carbocycles. The lowest BCUT2D eigenvalue weighted by atomic mass is 10.2. The van der Waals surface area contributed by atoms with E-state index in [1.54, 1.807) is 0 Å². The molecule has 0 aliphatic carbocycles. The Hall–Kier alpha value is -1.41. The van der Waals surface area contributed by atoms with Crippen LogP contribution in [0.15, 0.2) is 6.07 Å². The van der Waals surface area contributed by atoms with Crippen molar-refractivity contribution in [2.75, 3.05) is 61.6 Å². The van der Waals surface area contributed by atoms with Crippen LogP contribution in [-0.4, -0.2) is 81.1 Å². The zero-order valence-electron chi connectivity index (χ0n) is 14.1. The highest BCUT2D eigenvalue weighted by atomic mass is 32.2. The standard InChI is InChI=1S/C15H25N5O2S/c1-12-10-14(19(3)13-4-9-23(21,22)11-13)17-15(16-12)20-7-5-18(2)6-8-20/h10,13H,4-9,11H2,1-3H3. The Kier molecular flexibility index (Phi) is 4.46. The van der Waals surface area contributed by atoms with Crippen LogP contribution in [0.5, 0.6) is 0 Å². The van der Waals surface area contributed by atoms with Gasteiger partial charge in [0.1, 0.15) is 5.82 Å². The average Bonchev–Trinajstić information content (AvgIpc) is 2.86. The summed E-state index contributed by atoms with van der Waals surface area (Å²) in [7, 11) is 1.15. The van der Waals surface area contributed by atoms with Gasteiger partial charge in [-0.25, -0.2) is 13.4 Å². The van der Waals surface area contributed by atoms with Gasteiger partial charge >= 0.3 is 0 Å². The van der Waals surface area contributed by atoms with Crippen LogP contribution < -0.4 is 9.80 Å². The molecule has 0 spiro atoms. The van der Waals surface area contributed by atoms with E-state index >= 15 is 0 Å². The second-order valence-electron chi connectivity index (χ2n) is 6.63. The average molecular weight is 339 g/mol. The van der Waals surface area contributed by atoms with Gasteiger partial charge in [-0.3, -0.25) is 0 Å². The first-order valence-corrected chi connectivity index (χ1v) is 9.89. The Balaban J connectivity index is 1.80. The van der Waals surface area contributed by atoms with Crippen molar-refractivity contribution >= 4 is 21.6 Å². The predicted molar refractivity (Wildman–Crippen MR) is 91.9 cm³/mol. The Morgan fingerprint density at radius 3 is 2.52 bits per heavy atom. The molecule has 0 bridgehead atoms. The number of nitrogens with zero attached hydrogens (tertiary/aromatic N) is 5. The van der Waals surface area contributed by atoms with E-state index in [9.17, 15) is 8.42 Å². The fourth-order valence-electron chi connectivity index (χ4n) is 3.13. The molecule has 1 aromatic rings. The molecule has 128 valence electrons. The molecule has 2 saturated heterocycles. The highest BCUT2D eigenvalue weighted by Gasteiger charge is 2.31. The lowest BCUT2D eigenvalue weighted by Crippen LogP contribution is -2.45. The minimum Gasteiger partial charge on any atom is -0.355 e. The molecular formula is C15H25N5O2S. The van der Waals surface area contributed by atoms with Crippen LogP contribution >= 0.6 is 0 Å². The van der Waals surface area contributed by atoms with Gasteiger partial charge in [0.05, 0.1) is 11.5 Å². The number of piperazine rings is 1. The fraction of sp³-hybridized carbons (Fsp3) is 0.733. The Bertz CT molecular complexity index is 670. The first-order chi connectivity index (χ1) is 10.8. The predicted octanol–water partition coefficient (Wildman–Crippen LogP) is 0.160. The van der Waals surface area contributed by atoms with Crippen LogP contribution in [0.3, 0.4) is 0 Å². The minimum atomic E-state index is -2.90. The van der Waals surface area contributed by atoms with E-state index in [4.69, 9.17) is 4.98 Å². The van der Waals surface area contributed by atoms with Gasteiger partial charge in [-0.05, 0) is 20.4 Å². The molecule has 1 atom stereocenters. The van der Waals surface area contributed by atoms with E-state index in [2.05, 4.69) is 21.8 Å². The quantitative estimate of drug-likeness (QED) is 0.777. The lowest BCUT2D eigenvalue weighted by Gasteiger charge is -2.33. The summed E-state index contributed by atoms with van der Waals surface area (Å²) in [4.78, 5) is 15.8. The Labute approximate surface area is 138 Å². The largest absolute Gasteiger partial charge is 0.355 e. The number of aryl methyl sites for hydroxylation is 1. The number of hydrogen-bond donors (Lipinski definition) is 0. The van der Waals surface area contributed by atoms with Gasteiger partial charge in [0.2, 0.25) is 5.95 Å². The molecule has 2 aliphatic rings. The van der Waals surface area contributed by atoms with Crippen molar-refractivity contribution in [3.63, 3.8) is 0 Å². The molecule has 0 amide bonds. The summed E-state index contributed by atoms with van der Waals surface area (Å²) in [6, 6.07) is 1.94. The second kappa shape index (κ2) is 6.24. The molecular weight excluding hydrogens is 314 g/mol. The van der Waals surface area contributed by atoms with Crippen molar-refractivity contribution in [2.24, 2.45) is 0 Å². The normalized spacial score (nSPS) is 24.8. The number of sulfone groups is 1. The third kappa shape index (κ3) is 3.74. The summed E-state index contributed by atoms with van der Waals surface area (Å²) in [6.07, 6.45) is 0.672. The molecule has 3 heterocycles. The van der Waals surface area contributed by atoms with Gasteiger partial charge in [0, 0.05) is 51.0 Å². The number of aromatic nitrogens is 2. The van der Waals surface area contributed by atoms with Crippen LogP contribution in [0.1, 0.15) is 12.1 Å². The Morgan fingerprint density at radius 1 is 1.22 bits per heavy atom. The van der Waals surface area contributed by atoms with Crippen molar-refractivity contribution in [3.05, 3.63) is 11.8 Å². The highest BCUT2D eigenvalue weighted by Crippen LogP contribution is 2.24. The highest BCUT2D eigenvalue weighted by molar-refractivity contribution is 7.91. The first-order valence-electron chi connectivity index (χ1n) is 8.06. The summed E-state index contributed by atoms with van der Waals surface area (Å²) in [5, 5.41) is 0. The number of likely N-dealkylation sites (N-methyl/N-ethyl adjacent to an activating group) is 1. The molecule has 2 fully saturated rings. The van der Waals surface area contributed by atoms with E-state index in [1.807, 2.05) is 24.9 Å². The fourth-order valence-corrected chi connectivity index (χ4v) is 4.91. The van der Waals surface area contributed by atoms with Gasteiger partial charge < -0.3 is 14.7 Å². The summed E-state index contributed by atoms with van der Waals surface area (Å²) >= 11 is 0. The van der Waals surface area contributed by atoms with Crippen LogP contribution in [-0.2, 0) is 9.84 Å². The molecule has 1 unspecified atom stereocenters. The van der Waals surface area contributed by atoms with Crippen molar-refractivity contribution in [3.8, 4) is 0 Å². The number of anilines is 2. The molecule has 2 aliphatic heterocycles. The minimum absolute atomic E-state index is 0.00893. The molecule has 3 rings (SSSR count). The molecule has 0 N–H and O–H groups in total. The molecule has 8 heteroatoms. The summed E-state index contributed by atoms with van der Waals surface area (Å²) in [5.74, 6) is 2.06. The van der Waals surface area contributed by atoms with Crippen LogP contribution in [0.2, 0.25) is 0 Å². The zero-order chi connectivity index (χ0) is 16.6.